The second-order valence-electron chi connectivity index (χ2n) is 6.73. The van der Waals surface area contributed by atoms with Crippen molar-refractivity contribution in [3.05, 3.63) is 30.0 Å². The Hall–Kier alpha value is -3.17. The van der Waals surface area contributed by atoms with Gasteiger partial charge in [0.05, 0.1) is 16.6 Å². The first kappa shape index (κ1) is 19.2. The van der Waals surface area contributed by atoms with Gasteiger partial charge in [0.25, 0.3) is 0 Å². The smallest absolute Gasteiger partial charge is 0.418 e. The normalized spacial score (nSPS) is 14.7. The molecule has 0 aliphatic carbocycles. The van der Waals surface area contributed by atoms with Crippen LogP contribution in [0.1, 0.15) is 25.8 Å². The Bertz CT molecular complexity index is 1030. The van der Waals surface area contributed by atoms with E-state index in [2.05, 4.69) is 25.6 Å². The molecule has 3 N–H and O–H groups in total. The van der Waals surface area contributed by atoms with E-state index in [1.54, 1.807) is 18.2 Å². The summed E-state index contributed by atoms with van der Waals surface area (Å²) in [6.07, 6.45) is -2.89. The molecule has 2 aromatic heterocycles. The predicted octanol–water partition coefficient (Wildman–Crippen LogP) is 4.70. The fourth-order valence-corrected chi connectivity index (χ4v) is 3.05. The van der Waals surface area contributed by atoms with Crippen LogP contribution >= 0.6 is 0 Å². The highest BCUT2D eigenvalue weighted by Crippen LogP contribution is 2.40. The first-order valence-electron chi connectivity index (χ1n) is 9.25. The molecule has 0 radical (unpaired) electrons. The van der Waals surface area contributed by atoms with E-state index in [1.165, 1.54) is 0 Å². The van der Waals surface area contributed by atoms with Crippen LogP contribution in [0, 0.1) is 0 Å². The number of alkyl halides is 3. The van der Waals surface area contributed by atoms with E-state index in [9.17, 15) is 13.2 Å². The van der Waals surface area contributed by atoms with Gasteiger partial charge in [0.15, 0.2) is 11.5 Å². The van der Waals surface area contributed by atoms with Gasteiger partial charge in [-0.25, -0.2) is 0 Å². The number of ether oxygens (including phenoxy) is 2. The number of aromatic nitrogens is 3. The molecule has 1 atom stereocenters. The Kier molecular flexibility index (Phi) is 4.85. The van der Waals surface area contributed by atoms with Gasteiger partial charge in [0, 0.05) is 12.2 Å². The number of nitrogens with one attached hydrogen (secondary N) is 3. The van der Waals surface area contributed by atoms with Crippen LogP contribution in [0.5, 0.6) is 11.5 Å². The quantitative estimate of drug-likeness (QED) is 0.569. The number of hydrogen-bond donors (Lipinski definition) is 3. The summed E-state index contributed by atoms with van der Waals surface area (Å²) in [5, 5.41) is 6.00. The molecule has 1 aliphatic heterocycles. The van der Waals surface area contributed by atoms with Crippen LogP contribution in [0.2, 0.25) is 0 Å². The Morgan fingerprint density at radius 1 is 1.21 bits per heavy atom. The van der Waals surface area contributed by atoms with E-state index in [-0.39, 0.29) is 28.8 Å². The van der Waals surface area contributed by atoms with Gasteiger partial charge in [-0.15, -0.1) is 0 Å². The highest BCUT2D eigenvalue weighted by atomic mass is 19.4. The summed E-state index contributed by atoms with van der Waals surface area (Å²) in [5.74, 6) is 1.35. The van der Waals surface area contributed by atoms with Gasteiger partial charge in [-0.3, -0.25) is 0 Å². The van der Waals surface area contributed by atoms with Crippen molar-refractivity contribution in [3.63, 3.8) is 0 Å². The molecule has 154 valence electrons. The van der Waals surface area contributed by atoms with Crippen LogP contribution in [-0.2, 0) is 6.18 Å². The molecule has 0 fully saturated rings. The van der Waals surface area contributed by atoms with Gasteiger partial charge < -0.3 is 25.1 Å². The monoisotopic (exact) mass is 407 g/mol. The van der Waals surface area contributed by atoms with Crippen LogP contribution in [0.25, 0.3) is 11.0 Å². The number of H-pyrrole nitrogens is 1. The van der Waals surface area contributed by atoms with E-state index in [0.717, 1.165) is 12.6 Å². The maximum absolute atomic E-state index is 13.4. The summed E-state index contributed by atoms with van der Waals surface area (Å²) in [6, 6.07) is 5.25. The highest BCUT2D eigenvalue weighted by Gasteiger charge is 2.35. The highest BCUT2D eigenvalue weighted by molar-refractivity contribution is 5.92. The van der Waals surface area contributed by atoms with Gasteiger partial charge in [-0.05, 0) is 25.5 Å². The van der Waals surface area contributed by atoms with Gasteiger partial charge in [-0.1, -0.05) is 13.0 Å². The number of hydrogen-bond acceptors (Lipinski definition) is 6. The number of anilines is 3. The topological polar surface area (TPSA) is 84.1 Å². The molecule has 3 aromatic rings. The molecule has 0 saturated carbocycles. The molecule has 0 unspecified atom stereocenters. The number of fused-ring (bicyclic) bond motifs is 2. The lowest BCUT2D eigenvalue weighted by Gasteiger charge is -2.21. The fourth-order valence-electron chi connectivity index (χ4n) is 3.05. The van der Waals surface area contributed by atoms with Crippen molar-refractivity contribution in [1.29, 1.82) is 0 Å². The number of para-hydroxylation sites is 1. The fraction of sp³-hybridized carbons (Fsp3) is 0.368. The molecular weight excluding hydrogens is 387 g/mol. The second kappa shape index (κ2) is 7.34. The van der Waals surface area contributed by atoms with Crippen molar-refractivity contribution < 1.29 is 22.6 Å². The van der Waals surface area contributed by atoms with Crippen molar-refractivity contribution in [2.75, 3.05) is 23.8 Å². The lowest BCUT2D eigenvalue weighted by atomic mass is 10.2. The van der Waals surface area contributed by atoms with Crippen molar-refractivity contribution in [3.8, 4) is 11.5 Å². The van der Waals surface area contributed by atoms with E-state index < -0.39 is 11.7 Å². The molecule has 0 amide bonds. The number of halogens is 3. The lowest BCUT2D eigenvalue weighted by Crippen LogP contribution is -2.17. The predicted molar refractivity (Wildman–Crippen MR) is 103 cm³/mol. The number of rotatable bonds is 5. The Morgan fingerprint density at radius 3 is 2.76 bits per heavy atom. The molecule has 1 aromatic carbocycles. The van der Waals surface area contributed by atoms with Crippen LogP contribution < -0.4 is 20.1 Å². The first-order chi connectivity index (χ1) is 13.9. The maximum Gasteiger partial charge on any atom is 0.418 e. The minimum Gasteiger partial charge on any atom is -0.486 e. The molecule has 0 bridgehead atoms. The average Bonchev–Trinajstić information content (AvgIpc) is 3.13. The molecule has 29 heavy (non-hydrogen) atoms. The summed E-state index contributed by atoms with van der Waals surface area (Å²) < 4.78 is 51.5. The zero-order chi connectivity index (χ0) is 20.6. The lowest BCUT2D eigenvalue weighted by molar-refractivity contribution is -0.136. The number of aromatic amines is 1. The molecule has 4 rings (SSSR count). The summed E-state index contributed by atoms with van der Waals surface area (Å²) in [6.45, 7) is 4.66. The summed E-state index contributed by atoms with van der Waals surface area (Å²) in [5.41, 5.74) is -0.153. The molecule has 10 heteroatoms. The summed E-state index contributed by atoms with van der Waals surface area (Å²) in [7, 11) is 0. The largest absolute Gasteiger partial charge is 0.486 e. The zero-order valence-corrected chi connectivity index (χ0v) is 15.9. The van der Waals surface area contributed by atoms with Gasteiger partial charge in [0.1, 0.15) is 24.7 Å². The molecule has 3 heterocycles. The third-order valence-electron chi connectivity index (χ3n) is 4.65. The minimum atomic E-state index is -4.52. The van der Waals surface area contributed by atoms with Crippen molar-refractivity contribution in [2.45, 2.75) is 32.5 Å². The maximum atomic E-state index is 13.4. The van der Waals surface area contributed by atoms with Gasteiger partial charge >= 0.3 is 6.18 Å². The van der Waals surface area contributed by atoms with Gasteiger partial charge in [0.2, 0.25) is 5.95 Å². The third-order valence-corrected chi connectivity index (χ3v) is 4.65. The van der Waals surface area contributed by atoms with E-state index in [1.807, 2.05) is 13.8 Å². The van der Waals surface area contributed by atoms with Gasteiger partial charge in [-0.2, -0.15) is 23.1 Å². The van der Waals surface area contributed by atoms with Crippen LogP contribution in [0.3, 0.4) is 0 Å². The van der Waals surface area contributed by atoms with E-state index >= 15 is 0 Å². The summed E-state index contributed by atoms with van der Waals surface area (Å²) in [4.78, 5) is 11.2. The molecule has 0 saturated heterocycles. The van der Waals surface area contributed by atoms with Crippen LogP contribution in [0.4, 0.5) is 30.6 Å². The summed E-state index contributed by atoms with van der Waals surface area (Å²) >= 11 is 0. The van der Waals surface area contributed by atoms with Crippen LogP contribution in [-0.4, -0.2) is 34.2 Å². The van der Waals surface area contributed by atoms with Crippen LogP contribution in [0.15, 0.2) is 24.4 Å². The number of nitrogens with zero attached hydrogens (tertiary/aromatic N) is 2. The Labute approximate surface area is 164 Å². The second-order valence-corrected chi connectivity index (χ2v) is 6.73. The Balaban J connectivity index is 1.78. The average molecular weight is 407 g/mol. The van der Waals surface area contributed by atoms with Crippen molar-refractivity contribution >= 4 is 28.5 Å². The van der Waals surface area contributed by atoms with E-state index in [4.69, 9.17) is 9.47 Å². The zero-order valence-electron chi connectivity index (χ0n) is 15.9. The van der Waals surface area contributed by atoms with Crippen molar-refractivity contribution in [1.82, 2.24) is 15.0 Å². The molecule has 0 spiro atoms. The first-order valence-corrected chi connectivity index (χ1v) is 9.25. The molecular formula is C19H20F3N5O2. The standard InChI is InChI=1S/C19H20F3N5O2/c1-3-10(2)24-17-14-11(19(20,21)22)9-23-16(14)26-18(27-17)25-12-5-4-6-13-15(12)29-8-7-28-13/h4-6,9-10H,3,7-8H2,1-2H3,(H3,23,24,25,26,27)/t10-/m1/s1. The third kappa shape index (κ3) is 3.74. The molecule has 7 nitrogen and oxygen atoms in total. The molecule has 1 aliphatic rings. The Morgan fingerprint density at radius 2 is 2.00 bits per heavy atom. The van der Waals surface area contributed by atoms with Crippen molar-refractivity contribution in [2.24, 2.45) is 0 Å². The minimum absolute atomic E-state index is 0.0712. The SMILES string of the molecule is CC[C@@H](C)Nc1nc(Nc2cccc3c2OCCO3)nc2[nH]cc(C(F)(F)F)c12. The van der Waals surface area contributed by atoms with E-state index in [0.29, 0.717) is 30.4 Å². The number of benzene rings is 1.